The van der Waals surface area contributed by atoms with Crippen LogP contribution >= 0.6 is 0 Å². The SMILES string of the molecule is O=C(COc1ccc(C(F)(F)F)cc1)Nc1ccc2c(c1)OC(F)(F)O2. The number of hydrogen-bond acceptors (Lipinski definition) is 4. The number of nitrogens with one attached hydrogen (secondary N) is 1. The number of hydrogen-bond donors (Lipinski definition) is 1. The number of fused-ring (bicyclic) bond motifs is 1. The zero-order valence-corrected chi connectivity index (χ0v) is 12.8. The topological polar surface area (TPSA) is 56.8 Å². The lowest BCUT2D eigenvalue weighted by molar-refractivity contribution is -0.286. The zero-order chi connectivity index (χ0) is 18.9. The second-order valence-corrected chi connectivity index (χ2v) is 5.19. The van der Waals surface area contributed by atoms with E-state index in [-0.39, 0.29) is 22.9 Å². The predicted molar refractivity (Wildman–Crippen MR) is 78.2 cm³/mol. The lowest BCUT2D eigenvalue weighted by Gasteiger charge is -2.10. The highest BCUT2D eigenvalue weighted by Gasteiger charge is 2.43. The van der Waals surface area contributed by atoms with Crippen LogP contribution < -0.4 is 19.5 Å². The van der Waals surface area contributed by atoms with Crippen molar-refractivity contribution in [3.8, 4) is 17.2 Å². The number of carbonyl (C=O) groups is 1. The summed E-state index contributed by atoms with van der Waals surface area (Å²) in [6.45, 7) is -0.490. The highest BCUT2D eigenvalue weighted by atomic mass is 19.4. The van der Waals surface area contributed by atoms with E-state index in [0.29, 0.717) is 0 Å². The molecule has 0 spiro atoms. The molecule has 0 radical (unpaired) electrons. The maximum absolute atomic E-state index is 12.9. The third kappa shape index (κ3) is 4.13. The Morgan fingerprint density at radius 1 is 1.04 bits per heavy atom. The fourth-order valence-corrected chi connectivity index (χ4v) is 2.11. The van der Waals surface area contributed by atoms with Crippen LogP contribution in [-0.2, 0) is 11.0 Å². The van der Waals surface area contributed by atoms with Crippen molar-refractivity contribution < 1.29 is 41.0 Å². The van der Waals surface area contributed by atoms with E-state index in [1.54, 1.807) is 0 Å². The Bertz CT molecular complexity index is 820. The van der Waals surface area contributed by atoms with E-state index in [9.17, 15) is 26.7 Å². The molecular formula is C16H10F5NO4. The van der Waals surface area contributed by atoms with Gasteiger partial charge in [-0.2, -0.15) is 13.2 Å². The summed E-state index contributed by atoms with van der Waals surface area (Å²) in [7, 11) is 0. The number of benzene rings is 2. The first-order chi connectivity index (χ1) is 12.1. The molecule has 0 saturated carbocycles. The Morgan fingerprint density at radius 2 is 1.69 bits per heavy atom. The Labute approximate surface area is 143 Å². The van der Waals surface area contributed by atoms with Crippen LogP contribution in [0.4, 0.5) is 27.6 Å². The van der Waals surface area contributed by atoms with Gasteiger partial charge in [0.2, 0.25) is 0 Å². The lowest BCUT2D eigenvalue weighted by atomic mass is 10.2. The largest absolute Gasteiger partial charge is 0.586 e. The highest BCUT2D eigenvalue weighted by Crippen LogP contribution is 2.42. The summed E-state index contributed by atoms with van der Waals surface area (Å²) >= 11 is 0. The summed E-state index contributed by atoms with van der Waals surface area (Å²) in [5.41, 5.74) is -0.683. The fraction of sp³-hybridized carbons (Fsp3) is 0.188. The molecule has 1 aliphatic heterocycles. The minimum absolute atomic E-state index is 0.0680. The summed E-state index contributed by atoms with van der Waals surface area (Å²) in [6.07, 6.45) is -8.23. The highest BCUT2D eigenvalue weighted by molar-refractivity contribution is 5.92. The fourth-order valence-electron chi connectivity index (χ4n) is 2.11. The summed E-state index contributed by atoms with van der Waals surface area (Å²) in [5.74, 6) is -0.987. The average molecular weight is 375 g/mol. The Morgan fingerprint density at radius 3 is 2.35 bits per heavy atom. The smallest absolute Gasteiger partial charge is 0.484 e. The van der Waals surface area contributed by atoms with Crippen molar-refractivity contribution in [1.29, 1.82) is 0 Å². The van der Waals surface area contributed by atoms with Gasteiger partial charge in [-0.3, -0.25) is 4.79 Å². The summed E-state index contributed by atoms with van der Waals surface area (Å²) < 4.78 is 76.7. The third-order valence-electron chi connectivity index (χ3n) is 3.24. The molecule has 2 aromatic rings. The molecule has 0 aliphatic carbocycles. The van der Waals surface area contributed by atoms with Crippen LogP contribution in [0.25, 0.3) is 0 Å². The second kappa shape index (κ2) is 6.36. The molecule has 0 fully saturated rings. The maximum Gasteiger partial charge on any atom is 0.586 e. The number of alkyl halides is 5. The van der Waals surface area contributed by atoms with E-state index in [4.69, 9.17) is 4.74 Å². The molecule has 0 saturated heterocycles. The molecule has 1 heterocycles. The Hall–Kier alpha value is -3.04. The van der Waals surface area contributed by atoms with E-state index in [1.165, 1.54) is 12.1 Å². The van der Waals surface area contributed by atoms with Gasteiger partial charge in [-0.1, -0.05) is 0 Å². The first-order valence-electron chi connectivity index (χ1n) is 7.12. The first-order valence-corrected chi connectivity index (χ1v) is 7.12. The van der Waals surface area contributed by atoms with E-state index in [0.717, 1.165) is 30.3 Å². The van der Waals surface area contributed by atoms with Crippen LogP contribution in [0.1, 0.15) is 5.56 Å². The zero-order valence-electron chi connectivity index (χ0n) is 12.8. The van der Waals surface area contributed by atoms with Crippen molar-refractivity contribution in [2.24, 2.45) is 0 Å². The van der Waals surface area contributed by atoms with Gasteiger partial charge >= 0.3 is 12.5 Å². The minimum atomic E-state index is -4.47. The van der Waals surface area contributed by atoms with Crippen LogP contribution in [0.5, 0.6) is 17.2 Å². The summed E-state index contributed by atoms with van der Waals surface area (Å²) in [4.78, 5) is 11.8. The molecule has 26 heavy (non-hydrogen) atoms. The van der Waals surface area contributed by atoms with E-state index in [2.05, 4.69) is 14.8 Å². The van der Waals surface area contributed by atoms with E-state index >= 15 is 0 Å². The lowest BCUT2D eigenvalue weighted by Crippen LogP contribution is -2.25. The van der Waals surface area contributed by atoms with Gasteiger partial charge in [-0.25, -0.2) is 0 Å². The quantitative estimate of drug-likeness (QED) is 0.820. The minimum Gasteiger partial charge on any atom is -0.484 e. The van der Waals surface area contributed by atoms with E-state index in [1.807, 2.05) is 0 Å². The second-order valence-electron chi connectivity index (χ2n) is 5.19. The molecule has 138 valence electrons. The van der Waals surface area contributed by atoms with Crippen molar-refractivity contribution in [3.63, 3.8) is 0 Å². The number of anilines is 1. The number of rotatable bonds is 4. The number of amides is 1. The van der Waals surface area contributed by atoms with Crippen molar-refractivity contribution in [1.82, 2.24) is 0 Å². The molecule has 0 bridgehead atoms. The molecule has 1 aliphatic rings. The van der Waals surface area contributed by atoms with Gasteiger partial charge in [0.25, 0.3) is 5.91 Å². The molecule has 0 unspecified atom stereocenters. The van der Waals surface area contributed by atoms with Crippen molar-refractivity contribution in [2.45, 2.75) is 12.5 Å². The van der Waals surface area contributed by atoms with Crippen LogP contribution in [0.2, 0.25) is 0 Å². The summed E-state index contributed by atoms with van der Waals surface area (Å²) in [6, 6.07) is 7.47. The van der Waals surface area contributed by atoms with Gasteiger partial charge in [-0.05, 0) is 36.4 Å². The van der Waals surface area contributed by atoms with Gasteiger partial charge < -0.3 is 19.5 Å². The Balaban J connectivity index is 1.55. The van der Waals surface area contributed by atoms with Gasteiger partial charge in [-0.15, -0.1) is 8.78 Å². The van der Waals surface area contributed by atoms with Gasteiger partial charge in [0.15, 0.2) is 18.1 Å². The Kier molecular flexibility index (Phi) is 4.34. The molecule has 5 nitrogen and oxygen atoms in total. The number of carbonyl (C=O) groups excluding carboxylic acids is 1. The van der Waals surface area contributed by atoms with Crippen molar-refractivity contribution in [3.05, 3.63) is 48.0 Å². The molecule has 0 atom stereocenters. The van der Waals surface area contributed by atoms with Crippen LogP contribution in [0.3, 0.4) is 0 Å². The number of ether oxygens (including phenoxy) is 3. The first kappa shape index (κ1) is 17.8. The molecule has 10 heteroatoms. The molecular weight excluding hydrogens is 365 g/mol. The third-order valence-corrected chi connectivity index (χ3v) is 3.24. The molecule has 3 rings (SSSR count). The van der Waals surface area contributed by atoms with Crippen LogP contribution in [-0.4, -0.2) is 18.8 Å². The predicted octanol–water partition coefficient (Wildman–Crippen LogP) is 4.04. The molecule has 0 aromatic heterocycles. The standard InChI is InChI=1S/C16H10F5NO4/c17-15(18,19)9-1-4-11(5-2-9)24-8-14(23)22-10-3-6-12-13(7-10)26-16(20,21)25-12/h1-7H,8H2,(H,22,23). The van der Waals surface area contributed by atoms with Gasteiger partial charge in [0.05, 0.1) is 5.56 Å². The number of halogens is 5. The van der Waals surface area contributed by atoms with Gasteiger partial charge in [0, 0.05) is 11.8 Å². The van der Waals surface area contributed by atoms with Crippen LogP contribution in [0, 0.1) is 0 Å². The van der Waals surface area contributed by atoms with Crippen molar-refractivity contribution in [2.75, 3.05) is 11.9 Å². The van der Waals surface area contributed by atoms with Crippen LogP contribution in [0.15, 0.2) is 42.5 Å². The van der Waals surface area contributed by atoms with Gasteiger partial charge in [0.1, 0.15) is 5.75 Å². The molecule has 1 amide bonds. The average Bonchev–Trinajstić information content (AvgIpc) is 2.85. The normalized spacial score (nSPS) is 14.8. The molecule has 1 N–H and O–H groups in total. The van der Waals surface area contributed by atoms with Crippen molar-refractivity contribution >= 4 is 11.6 Å². The molecule has 2 aromatic carbocycles. The van der Waals surface area contributed by atoms with E-state index < -0.39 is 30.5 Å². The maximum atomic E-state index is 12.9. The summed E-state index contributed by atoms with van der Waals surface area (Å²) in [5, 5.41) is 2.38. The monoisotopic (exact) mass is 375 g/mol.